The van der Waals surface area contributed by atoms with E-state index in [0.29, 0.717) is 36.5 Å². The van der Waals surface area contributed by atoms with E-state index in [2.05, 4.69) is 30.6 Å². The van der Waals surface area contributed by atoms with Crippen LogP contribution in [0.3, 0.4) is 0 Å². The molecule has 1 amide bonds. The highest BCUT2D eigenvalue weighted by Crippen LogP contribution is 2.18. The number of halogens is 1. The number of carbonyl (C=O) groups is 1. The van der Waals surface area contributed by atoms with Crippen LogP contribution in [0.2, 0.25) is 5.28 Å². The van der Waals surface area contributed by atoms with Crippen LogP contribution in [-0.4, -0.2) is 38.9 Å². The minimum absolute atomic E-state index is 0.00833. The lowest BCUT2D eigenvalue weighted by Crippen LogP contribution is -2.24. The van der Waals surface area contributed by atoms with Crippen molar-refractivity contribution in [1.82, 2.24) is 25.3 Å². The lowest BCUT2D eigenvalue weighted by atomic mass is 10.4. The van der Waals surface area contributed by atoms with Crippen LogP contribution in [0.25, 0.3) is 11.2 Å². The van der Waals surface area contributed by atoms with Crippen LogP contribution in [0.4, 0.5) is 5.82 Å². The first-order valence-electron chi connectivity index (χ1n) is 5.58. The monoisotopic (exact) mass is 268 g/mol. The van der Waals surface area contributed by atoms with Gasteiger partial charge in [0.15, 0.2) is 11.5 Å². The third-order valence-electron chi connectivity index (χ3n) is 2.28. The van der Waals surface area contributed by atoms with Crippen molar-refractivity contribution >= 4 is 34.5 Å². The third-order valence-corrected chi connectivity index (χ3v) is 2.45. The molecule has 0 saturated heterocycles. The summed E-state index contributed by atoms with van der Waals surface area (Å²) in [6, 6.07) is 0. The number of anilines is 1. The fourth-order valence-corrected chi connectivity index (χ4v) is 1.68. The molecule has 96 valence electrons. The number of nitrogens with zero attached hydrogens (tertiary/aromatic N) is 3. The minimum Gasteiger partial charge on any atom is -0.368 e. The second kappa shape index (κ2) is 5.63. The van der Waals surface area contributed by atoms with Gasteiger partial charge in [0.1, 0.15) is 5.52 Å². The summed E-state index contributed by atoms with van der Waals surface area (Å²) in [7, 11) is 0. The Balaban J connectivity index is 2.03. The van der Waals surface area contributed by atoms with E-state index in [4.69, 9.17) is 11.6 Å². The molecule has 0 bridgehead atoms. The number of hydrogen-bond acceptors (Lipinski definition) is 5. The largest absolute Gasteiger partial charge is 0.368 e. The van der Waals surface area contributed by atoms with Gasteiger partial charge >= 0.3 is 0 Å². The van der Waals surface area contributed by atoms with Crippen molar-refractivity contribution in [2.75, 3.05) is 18.4 Å². The zero-order chi connectivity index (χ0) is 13.0. The number of imidazole rings is 1. The number of hydrogen-bond donors (Lipinski definition) is 3. The summed E-state index contributed by atoms with van der Waals surface area (Å²) in [5.74, 6) is 0.540. The molecule has 0 unspecified atom stereocenters. The minimum atomic E-state index is -0.00833. The molecular formula is C10H13ClN6O. The van der Waals surface area contributed by atoms with Crippen molar-refractivity contribution in [3.63, 3.8) is 0 Å². The topological polar surface area (TPSA) is 95.6 Å². The Hall–Kier alpha value is -1.89. The number of nitrogens with one attached hydrogen (secondary N) is 3. The van der Waals surface area contributed by atoms with E-state index in [9.17, 15) is 4.79 Å². The van der Waals surface area contributed by atoms with Crippen LogP contribution in [-0.2, 0) is 4.79 Å². The fraction of sp³-hybridized carbons (Fsp3) is 0.400. The Morgan fingerprint density at radius 3 is 3.11 bits per heavy atom. The quantitative estimate of drug-likeness (QED) is 0.702. The maximum Gasteiger partial charge on any atom is 0.226 e. The molecule has 7 nitrogen and oxygen atoms in total. The van der Waals surface area contributed by atoms with Gasteiger partial charge in [-0.3, -0.25) is 4.79 Å². The summed E-state index contributed by atoms with van der Waals surface area (Å²) in [5.41, 5.74) is 1.17. The molecule has 0 aliphatic heterocycles. The average molecular weight is 269 g/mol. The highest BCUT2D eigenvalue weighted by molar-refractivity contribution is 6.28. The number of rotatable bonds is 5. The summed E-state index contributed by atoms with van der Waals surface area (Å²) >= 11 is 5.78. The van der Waals surface area contributed by atoms with Crippen molar-refractivity contribution in [3.05, 3.63) is 11.6 Å². The second-order valence-electron chi connectivity index (χ2n) is 3.57. The summed E-state index contributed by atoms with van der Waals surface area (Å²) in [5, 5.41) is 5.87. The van der Waals surface area contributed by atoms with Crippen molar-refractivity contribution < 1.29 is 4.79 Å². The Morgan fingerprint density at radius 2 is 2.33 bits per heavy atom. The van der Waals surface area contributed by atoms with Gasteiger partial charge in [-0.2, -0.15) is 9.97 Å². The lowest BCUT2D eigenvalue weighted by Gasteiger charge is -2.06. The number of H-pyrrole nitrogens is 1. The van der Waals surface area contributed by atoms with Crippen LogP contribution >= 0.6 is 11.6 Å². The summed E-state index contributed by atoms with van der Waals surface area (Å²) < 4.78 is 0. The zero-order valence-electron chi connectivity index (χ0n) is 9.83. The Labute approximate surface area is 108 Å². The molecule has 2 aromatic rings. The third kappa shape index (κ3) is 2.86. The summed E-state index contributed by atoms with van der Waals surface area (Å²) in [6.07, 6.45) is 1.88. The zero-order valence-corrected chi connectivity index (χ0v) is 10.6. The molecule has 2 rings (SSSR count). The van der Waals surface area contributed by atoms with E-state index >= 15 is 0 Å². The van der Waals surface area contributed by atoms with Crippen LogP contribution in [0.15, 0.2) is 6.33 Å². The van der Waals surface area contributed by atoms with Gasteiger partial charge in [-0.1, -0.05) is 0 Å². The Bertz CT molecular complexity index is 554. The molecule has 3 N–H and O–H groups in total. The number of amides is 1. The Kier molecular flexibility index (Phi) is 3.93. The van der Waals surface area contributed by atoms with Crippen LogP contribution in [0.5, 0.6) is 0 Å². The highest BCUT2D eigenvalue weighted by Gasteiger charge is 2.08. The first kappa shape index (κ1) is 12.6. The SMILES string of the molecule is CCNC(=O)CCNc1nc(Cl)nc2nc[nH]c12. The van der Waals surface area contributed by atoms with Gasteiger partial charge in [0, 0.05) is 19.5 Å². The van der Waals surface area contributed by atoms with Crippen molar-refractivity contribution in [2.24, 2.45) is 0 Å². The maximum absolute atomic E-state index is 11.3. The molecule has 0 fully saturated rings. The van der Waals surface area contributed by atoms with Gasteiger partial charge < -0.3 is 15.6 Å². The van der Waals surface area contributed by atoms with Gasteiger partial charge in [0.2, 0.25) is 11.2 Å². The van der Waals surface area contributed by atoms with Crippen LogP contribution in [0, 0.1) is 0 Å². The molecule has 0 spiro atoms. The van der Waals surface area contributed by atoms with Crippen LogP contribution < -0.4 is 10.6 Å². The number of carbonyl (C=O) groups excluding carboxylic acids is 1. The van der Waals surface area contributed by atoms with Crippen molar-refractivity contribution in [1.29, 1.82) is 0 Å². The normalized spacial score (nSPS) is 10.6. The van der Waals surface area contributed by atoms with Gasteiger partial charge in [-0.25, -0.2) is 4.98 Å². The first-order valence-corrected chi connectivity index (χ1v) is 5.95. The van der Waals surface area contributed by atoms with Gasteiger partial charge in [0.25, 0.3) is 0 Å². The summed E-state index contributed by atoms with van der Waals surface area (Å²) in [6.45, 7) is 2.97. The highest BCUT2D eigenvalue weighted by atomic mass is 35.5. The molecule has 2 heterocycles. The fourth-order valence-electron chi connectivity index (χ4n) is 1.51. The van der Waals surface area contributed by atoms with Gasteiger partial charge in [-0.15, -0.1) is 0 Å². The van der Waals surface area contributed by atoms with E-state index in [1.54, 1.807) is 0 Å². The summed E-state index contributed by atoms with van der Waals surface area (Å²) in [4.78, 5) is 26.2. The standard InChI is InChI=1S/C10H13ClN6O/c1-2-12-6(18)3-4-13-8-7-9(15-5-14-7)17-10(11)16-8/h5H,2-4H2,1H3,(H,12,18)(H2,13,14,15,16,17). The molecule has 0 saturated carbocycles. The van der Waals surface area contributed by atoms with Crippen LogP contribution in [0.1, 0.15) is 13.3 Å². The Morgan fingerprint density at radius 1 is 1.50 bits per heavy atom. The van der Waals surface area contributed by atoms with E-state index in [1.807, 2.05) is 6.92 Å². The molecule has 0 aliphatic carbocycles. The van der Waals surface area contributed by atoms with Crippen molar-refractivity contribution in [3.8, 4) is 0 Å². The number of aromatic amines is 1. The predicted molar refractivity (Wildman–Crippen MR) is 68.5 cm³/mol. The number of aromatic nitrogens is 4. The van der Waals surface area contributed by atoms with E-state index in [0.717, 1.165) is 0 Å². The molecule has 0 radical (unpaired) electrons. The van der Waals surface area contributed by atoms with E-state index < -0.39 is 0 Å². The molecule has 18 heavy (non-hydrogen) atoms. The van der Waals surface area contributed by atoms with Crippen molar-refractivity contribution in [2.45, 2.75) is 13.3 Å². The molecule has 0 atom stereocenters. The lowest BCUT2D eigenvalue weighted by molar-refractivity contribution is -0.120. The number of fused-ring (bicyclic) bond motifs is 1. The molecule has 0 aliphatic rings. The smallest absolute Gasteiger partial charge is 0.226 e. The maximum atomic E-state index is 11.3. The molecule has 2 aromatic heterocycles. The average Bonchev–Trinajstić information content (AvgIpc) is 2.77. The molecule has 0 aromatic carbocycles. The first-order chi connectivity index (χ1) is 8.70. The molecular weight excluding hydrogens is 256 g/mol. The van der Waals surface area contributed by atoms with Gasteiger partial charge in [-0.05, 0) is 18.5 Å². The van der Waals surface area contributed by atoms with Gasteiger partial charge in [0.05, 0.1) is 6.33 Å². The van der Waals surface area contributed by atoms with E-state index in [-0.39, 0.29) is 11.2 Å². The second-order valence-corrected chi connectivity index (χ2v) is 3.91. The van der Waals surface area contributed by atoms with E-state index in [1.165, 1.54) is 6.33 Å². The predicted octanol–water partition coefficient (Wildman–Crippen LogP) is 0.944. The molecule has 8 heteroatoms.